The topological polar surface area (TPSA) is 83.9 Å². The smallest absolute Gasteiger partial charge is 0.210 e. The van der Waals surface area contributed by atoms with Crippen molar-refractivity contribution in [3.63, 3.8) is 0 Å². The van der Waals surface area contributed by atoms with Gasteiger partial charge in [-0.25, -0.2) is 9.37 Å². The number of nitrogens with zero attached hydrogens (tertiary/aromatic N) is 4. The van der Waals surface area contributed by atoms with Crippen molar-refractivity contribution in [3.8, 4) is 34.8 Å². The summed E-state index contributed by atoms with van der Waals surface area (Å²) in [4.78, 5) is 4.07. The standard InChI is InChI=1S/C27H21FN4O2/c1-32-18-31-16-26(32)27(28,22-9-6-19(14-29)7-10-22)17-34-25-11-8-20(15-30)12-24(25)21-4-3-5-23(13-21)33-2/h3-13,16,18H,17H2,1-2H3. The molecule has 0 fully saturated rings. The maximum Gasteiger partial charge on any atom is 0.210 e. The highest BCUT2D eigenvalue weighted by Crippen LogP contribution is 2.38. The minimum Gasteiger partial charge on any atom is -0.497 e. The van der Waals surface area contributed by atoms with Crippen molar-refractivity contribution in [2.75, 3.05) is 13.7 Å². The Morgan fingerprint density at radius 1 is 1.00 bits per heavy atom. The molecule has 0 saturated heterocycles. The molecule has 1 aromatic heterocycles. The van der Waals surface area contributed by atoms with E-state index in [2.05, 4.69) is 11.1 Å². The first kappa shape index (κ1) is 22.6. The third kappa shape index (κ3) is 4.32. The van der Waals surface area contributed by atoms with Crippen molar-refractivity contribution >= 4 is 0 Å². The summed E-state index contributed by atoms with van der Waals surface area (Å²) in [6, 6.07) is 22.8. The Kier molecular flexibility index (Phi) is 6.29. The zero-order valence-electron chi connectivity index (χ0n) is 18.7. The Bertz CT molecular complexity index is 1400. The lowest BCUT2D eigenvalue weighted by atomic mass is 9.92. The van der Waals surface area contributed by atoms with Crippen molar-refractivity contribution in [2.24, 2.45) is 7.05 Å². The number of alkyl halides is 1. The quantitative estimate of drug-likeness (QED) is 0.388. The van der Waals surface area contributed by atoms with Crippen molar-refractivity contribution < 1.29 is 13.9 Å². The number of hydrogen-bond donors (Lipinski definition) is 0. The van der Waals surface area contributed by atoms with Crippen LogP contribution >= 0.6 is 0 Å². The van der Waals surface area contributed by atoms with Crippen LogP contribution in [-0.4, -0.2) is 23.3 Å². The first-order valence-corrected chi connectivity index (χ1v) is 10.5. The molecule has 34 heavy (non-hydrogen) atoms. The fourth-order valence-electron chi connectivity index (χ4n) is 3.77. The summed E-state index contributed by atoms with van der Waals surface area (Å²) >= 11 is 0. The highest BCUT2D eigenvalue weighted by molar-refractivity contribution is 5.73. The van der Waals surface area contributed by atoms with Gasteiger partial charge in [0.15, 0.2) is 0 Å². The van der Waals surface area contributed by atoms with Crippen LogP contribution in [-0.2, 0) is 12.7 Å². The Labute approximate surface area is 197 Å². The van der Waals surface area contributed by atoms with Gasteiger partial charge in [0.25, 0.3) is 0 Å². The van der Waals surface area contributed by atoms with Gasteiger partial charge in [-0.1, -0.05) is 24.3 Å². The number of rotatable bonds is 7. The van der Waals surface area contributed by atoms with E-state index in [9.17, 15) is 5.26 Å². The summed E-state index contributed by atoms with van der Waals surface area (Å²) in [5.41, 5.74) is 0.916. The zero-order valence-corrected chi connectivity index (χ0v) is 18.7. The van der Waals surface area contributed by atoms with Crippen LogP contribution in [0.15, 0.2) is 79.3 Å². The first-order chi connectivity index (χ1) is 16.5. The van der Waals surface area contributed by atoms with E-state index in [1.165, 1.54) is 12.5 Å². The van der Waals surface area contributed by atoms with Gasteiger partial charge in [0, 0.05) is 12.6 Å². The molecule has 0 amide bonds. The summed E-state index contributed by atoms with van der Waals surface area (Å²) in [5, 5.41) is 18.5. The molecule has 0 aliphatic heterocycles. The van der Waals surface area contributed by atoms with Crippen molar-refractivity contribution in [3.05, 3.63) is 102 Å². The molecule has 4 rings (SSSR count). The van der Waals surface area contributed by atoms with E-state index in [-0.39, 0.29) is 6.61 Å². The molecule has 3 aromatic carbocycles. The summed E-state index contributed by atoms with van der Waals surface area (Å²) in [6.45, 7) is -0.346. The van der Waals surface area contributed by atoms with Crippen LogP contribution < -0.4 is 9.47 Å². The fraction of sp³-hybridized carbons (Fsp3) is 0.148. The van der Waals surface area contributed by atoms with Crippen LogP contribution in [0.5, 0.6) is 11.5 Å². The number of nitriles is 2. The first-order valence-electron chi connectivity index (χ1n) is 10.5. The van der Waals surface area contributed by atoms with E-state index in [1.807, 2.05) is 30.3 Å². The number of methoxy groups -OCH3 is 1. The SMILES string of the molecule is COc1cccc(-c2cc(C#N)ccc2OCC(F)(c2ccc(C#N)cc2)c2cncn2C)c1. The molecular formula is C27H21FN4O2. The van der Waals surface area contributed by atoms with Crippen molar-refractivity contribution in [1.82, 2.24) is 9.55 Å². The van der Waals surface area contributed by atoms with Crippen molar-refractivity contribution in [1.29, 1.82) is 10.5 Å². The minimum absolute atomic E-state index is 0.314. The largest absolute Gasteiger partial charge is 0.497 e. The molecule has 1 atom stereocenters. The number of hydrogen-bond acceptors (Lipinski definition) is 5. The van der Waals surface area contributed by atoms with Crippen LogP contribution in [0.1, 0.15) is 22.4 Å². The van der Waals surface area contributed by atoms with Crippen LogP contribution in [0, 0.1) is 22.7 Å². The molecule has 0 radical (unpaired) electrons. The van der Waals surface area contributed by atoms with Crippen LogP contribution in [0.2, 0.25) is 0 Å². The number of ether oxygens (including phenoxy) is 2. The third-order valence-electron chi connectivity index (χ3n) is 5.61. The summed E-state index contributed by atoms with van der Waals surface area (Å²) in [7, 11) is 3.29. The second-order valence-corrected chi connectivity index (χ2v) is 7.72. The second-order valence-electron chi connectivity index (χ2n) is 7.72. The van der Waals surface area contributed by atoms with Gasteiger partial charge in [-0.15, -0.1) is 0 Å². The highest BCUT2D eigenvalue weighted by atomic mass is 19.1. The summed E-state index contributed by atoms with van der Waals surface area (Å²) in [5.74, 6) is 1.07. The number of aryl methyl sites for hydroxylation is 1. The Morgan fingerprint density at radius 3 is 2.38 bits per heavy atom. The molecule has 0 aliphatic rings. The predicted octanol–water partition coefficient (Wildman–Crippen LogP) is 5.13. The highest BCUT2D eigenvalue weighted by Gasteiger charge is 2.38. The maximum atomic E-state index is 16.7. The van der Waals surface area contributed by atoms with E-state index in [4.69, 9.17) is 14.7 Å². The summed E-state index contributed by atoms with van der Waals surface area (Å²) < 4.78 is 29.7. The molecule has 0 saturated carbocycles. The van der Waals surface area contributed by atoms with Gasteiger partial charge in [0.2, 0.25) is 5.67 Å². The fourth-order valence-corrected chi connectivity index (χ4v) is 3.77. The molecule has 7 heteroatoms. The van der Waals surface area contributed by atoms with Gasteiger partial charge in [0.1, 0.15) is 18.1 Å². The van der Waals surface area contributed by atoms with Crippen LogP contribution in [0.4, 0.5) is 4.39 Å². The minimum atomic E-state index is -2.04. The molecule has 4 aromatic rings. The number of halogens is 1. The Morgan fingerprint density at radius 2 is 1.74 bits per heavy atom. The van der Waals surface area contributed by atoms with Crippen LogP contribution in [0.3, 0.4) is 0 Å². The van der Waals surface area contributed by atoms with E-state index >= 15 is 4.39 Å². The second kappa shape index (κ2) is 9.48. The molecule has 168 valence electrons. The third-order valence-corrected chi connectivity index (χ3v) is 5.61. The lowest BCUT2D eigenvalue weighted by Gasteiger charge is -2.27. The van der Waals surface area contributed by atoms with E-state index in [0.717, 1.165) is 5.56 Å². The number of benzene rings is 3. The zero-order chi connectivity index (χ0) is 24.1. The molecule has 1 heterocycles. The molecule has 0 spiro atoms. The Hall–Kier alpha value is -4.62. The molecule has 0 aliphatic carbocycles. The average Bonchev–Trinajstić information content (AvgIpc) is 3.33. The van der Waals surface area contributed by atoms with Gasteiger partial charge in [-0.05, 0) is 53.6 Å². The average molecular weight is 452 g/mol. The van der Waals surface area contributed by atoms with Crippen molar-refractivity contribution in [2.45, 2.75) is 5.67 Å². The number of aromatic nitrogens is 2. The molecular weight excluding hydrogens is 431 g/mol. The van der Waals surface area contributed by atoms with E-state index in [1.54, 1.807) is 61.2 Å². The lowest BCUT2D eigenvalue weighted by Crippen LogP contribution is -2.32. The van der Waals surface area contributed by atoms with E-state index in [0.29, 0.717) is 39.4 Å². The molecule has 0 N–H and O–H groups in total. The molecule has 6 nitrogen and oxygen atoms in total. The lowest BCUT2D eigenvalue weighted by molar-refractivity contribution is 0.115. The van der Waals surface area contributed by atoms with E-state index < -0.39 is 5.67 Å². The molecule has 0 bridgehead atoms. The Balaban J connectivity index is 1.75. The predicted molar refractivity (Wildman–Crippen MR) is 125 cm³/mol. The monoisotopic (exact) mass is 452 g/mol. The van der Waals surface area contributed by atoms with Gasteiger partial charge < -0.3 is 14.0 Å². The maximum absolute atomic E-state index is 16.7. The van der Waals surface area contributed by atoms with Gasteiger partial charge in [0.05, 0.1) is 48.6 Å². The van der Waals surface area contributed by atoms with Gasteiger partial charge in [-0.3, -0.25) is 0 Å². The van der Waals surface area contributed by atoms with Gasteiger partial charge >= 0.3 is 0 Å². The molecule has 1 unspecified atom stereocenters. The normalized spacial score (nSPS) is 12.3. The summed E-state index contributed by atoms with van der Waals surface area (Å²) in [6.07, 6.45) is 2.99. The number of imidazole rings is 1. The van der Waals surface area contributed by atoms with Gasteiger partial charge in [-0.2, -0.15) is 10.5 Å². The van der Waals surface area contributed by atoms with Crippen LogP contribution in [0.25, 0.3) is 11.1 Å².